The van der Waals surface area contributed by atoms with Gasteiger partial charge in [0.25, 0.3) is 5.91 Å². The molecule has 0 spiro atoms. The van der Waals surface area contributed by atoms with Gasteiger partial charge in [-0.15, -0.1) is 0 Å². The van der Waals surface area contributed by atoms with Crippen LogP contribution < -0.4 is 10.2 Å². The van der Waals surface area contributed by atoms with Crippen LogP contribution in [-0.2, 0) is 4.79 Å². The zero-order valence-electron chi connectivity index (χ0n) is 14.0. The Morgan fingerprint density at radius 1 is 1.19 bits per heavy atom. The van der Waals surface area contributed by atoms with Gasteiger partial charge in [0.1, 0.15) is 0 Å². The number of carbonyl (C=O) groups excluding carboxylic acids is 1. The molecule has 3 heteroatoms. The molecule has 1 heterocycles. The van der Waals surface area contributed by atoms with E-state index < -0.39 is 0 Å². The molecule has 0 saturated carbocycles. The average molecular weight is 289 g/mol. The van der Waals surface area contributed by atoms with E-state index in [4.69, 9.17) is 0 Å². The Bertz CT molecular complexity index is 482. The summed E-state index contributed by atoms with van der Waals surface area (Å²) >= 11 is 0. The van der Waals surface area contributed by atoms with E-state index in [1.807, 2.05) is 32.0 Å². The maximum absolute atomic E-state index is 12.6. The first-order valence-corrected chi connectivity index (χ1v) is 8.10. The molecule has 21 heavy (non-hydrogen) atoms. The zero-order valence-corrected chi connectivity index (χ0v) is 14.0. The van der Waals surface area contributed by atoms with Crippen LogP contribution in [0.2, 0.25) is 0 Å². The topological polar surface area (TPSA) is 33.5 Å². The molecular weight excluding hydrogens is 260 g/mol. The van der Waals surface area contributed by atoms with E-state index in [2.05, 4.69) is 26.1 Å². The van der Waals surface area contributed by atoms with Gasteiger partial charge in [0.15, 0.2) is 6.04 Å². The molecule has 2 N–H and O–H groups in total. The third-order valence-electron chi connectivity index (χ3n) is 4.76. The molecule has 0 aromatic heterocycles. The number of amides is 1. The first-order chi connectivity index (χ1) is 9.88. The molecule has 2 rings (SSSR count). The highest BCUT2D eigenvalue weighted by atomic mass is 16.2. The molecule has 0 unspecified atom stereocenters. The van der Waals surface area contributed by atoms with Gasteiger partial charge in [-0.3, -0.25) is 4.79 Å². The van der Waals surface area contributed by atoms with Gasteiger partial charge in [-0.1, -0.05) is 32.0 Å². The second-order valence-corrected chi connectivity index (χ2v) is 6.99. The summed E-state index contributed by atoms with van der Waals surface area (Å²) in [6.07, 6.45) is 1.29. The number of likely N-dealkylation sites (tertiary alicyclic amines) is 1. The van der Waals surface area contributed by atoms with Crippen LogP contribution in [0.3, 0.4) is 0 Å². The van der Waals surface area contributed by atoms with Gasteiger partial charge in [-0.05, 0) is 38.3 Å². The SMILES string of the molecule is Cc1cccc(C)c1NC(=O)[C@H](C)[NH+]1C[C@@H](C)C[C@H](C)C1. The van der Waals surface area contributed by atoms with Gasteiger partial charge in [0.2, 0.25) is 0 Å². The summed E-state index contributed by atoms with van der Waals surface area (Å²) in [6.45, 7) is 13.0. The Hall–Kier alpha value is -1.35. The van der Waals surface area contributed by atoms with Crippen molar-refractivity contribution in [2.75, 3.05) is 18.4 Å². The quantitative estimate of drug-likeness (QED) is 0.879. The van der Waals surface area contributed by atoms with Gasteiger partial charge in [-0.2, -0.15) is 0 Å². The largest absolute Gasteiger partial charge is 0.324 e. The summed E-state index contributed by atoms with van der Waals surface area (Å²) in [6, 6.07) is 6.13. The Morgan fingerprint density at radius 2 is 1.71 bits per heavy atom. The van der Waals surface area contributed by atoms with Gasteiger partial charge < -0.3 is 10.2 Å². The van der Waals surface area contributed by atoms with Crippen molar-refractivity contribution in [2.45, 2.75) is 47.1 Å². The standard InChI is InChI=1S/C18H28N2O/c1-12-9-13(2)11-20(10-12)16(5)18(21)19-17-14(3)7-6-8-15(17)4/h6-8,12-13,16H,9-11H2,1-5H3,(H,19,21)/p+1/t12-,13-,16-/m0/s1. The summed E-state index contributed by atoms with van der Waals surface area (Å²) in [4.78, 5) is 14.0. The average Bonchev–Trinajstić information content (AvgIpc) is 2.41. The Kier molecular flexibility index (Phi) is 5.04. The summed E-state index contributed by atoms with van der Waals surface area (Å²) in [5.74, 6) is 1.56. The van der Waals surface area contributed by atoms with Crippen molar-refractivity contribution in [1.82, 2.24) is 0 Å². The number of aryl methyl sites for hydroxylation is 2. The maximum atomic E-state index is 12.6. The normalized spacial score (nSPS) is 27.2. The lowest BCUT2D eigenvalue weighted by molar-refractivity contribution is -0.925. The van der Waals surface area contributed by atoms with Gasteiger partial charge >= 0.3 is 0 Å². The Labute approximate surface area is 128 Å². The van der Waals surface area contributed by atoms with Crippen molar-refractivity contribution in [1.29, 1.82) is 0 Å². The number of piperidine rings is 1. The van der Waals surface area contributed by atoms with Crippen molar-refractivity contribution >= 4 is 11.6 Å². The summed E-state index contributed by atoms with van der Waals surface area (Å²) in [5, 5.41) is 3.15. The van der Waals surface area contributed by atoms with Crippen LogP contribution in [-0.4, -0.2) is 25.0 Å². The molecule has 116 valence electrons. The number of benzene rings is 1. The highest BCUT2D eigenvalue weighted by Crippen LogP contribution is 2.19. The summed E-state index contributed by atoms with van der Waals surface area (Å²) < 4.78 is 0. The zero-order chi connectivity index (χ0) is 15.6. The van der Waals surface area contributed by atoms with E-state index in [9.17, 15) is 4.79 Å². The molecule has 0 radical (unpaired) electrons. The summed E-state index contributed by atoms with van der Waals surface area (Å²) in [5.41, 5.74) is 3.24. The highest BCUT2D eigenvalue weighted by Gasteiger charge is 2.32. The first-order valence-electron chi connectivity index (χ1n) is 8.10. The smallest absolute Gasteiger partial charge is 0.282 e. The monoisotopic (exact) mass is 289 g/mol. The lowest BCUT2D eigenvalue weighted by atomic mass is 9.91. The fourth-order valence-corrected chi connectivity index (χ4v) is 3.61. The molecule has 1 aromatic carbocycles. The van der Waals surface area contributed by atoms with Crippen molar-refractivity contribution in [3.8, 4) is 0 Å². The number of carbonyl (C=O) groups is 1. The molecule has 1 aromatic rings. The number of anilines is 1. The van der Waals surface area contributed by atoms with Crippen molar-refractivity contribution in [3.63, 3.8) is 0 Å². The van der Waals surface area contributed by atoms with Crippen molar-refractivity contribution < 1.29 is 9.69 Å². The second kappa shape index (κ2) is 6.61. The molecule has 1 saturated heterocycles. The summed E-state index contributed by atoms with van der Waals surface area (Å²) in [7, 11) is 0. The fourth-order valence-electron chi connectivity index (χ4n) is 3.61. The van der Waals surface area contributed by atoms with E-state index in [-0.39, 0.29) is 11.9 Å². The van der Waals surface area contributed by atoms with Crippen molar-refractivity contribution in [2.24, 2.45) is 11.8 Å². The van der Waals surface area contributed by atoms with Gasteiger partial charge in [0, 0.05) is 17.5 Å². The predicted molar refractivity (Wildman–Crippen MR) is 87.6 cm³/mol. The van der Waals surface area contributed by atoms with Crippen LogP contribution in [0.5, 0.6) is 0 Å². The van der Waals surface area contributed by atoms with Crippen LogP contribution in [0.15, 0.2) is 18.2 Å². The highest BCUT2D eigenvalue weighted by molar-refractivity contribution is 5.95. The van der Waals surface area contributed by atoms with Crippen LogP contribution in [0.25, 0.3) is 0 Å². The third kappa shape index (κ3) is 3.85. The molecule has 3 nitrogen and oxygen atoms in total. The molecule has 3 atom stereocenters. The first kappa shape index (κ1) is 16.0. The molecule has 1 fully saturated rings. The minimum absolute atomic E-state index is 0.00852. The number of hydrogen-bond donors (Lipinski definition) is 2. The van der Waals surface area contributed by atoms with Crippen LogP contribution in [0.1, 0.15) is 38.3 Å². The maximum Gasteiger partial charge on any atom is 0.282 e. The third-order valence-corrected chi connectivity index (χ3v) is 4.76. The predicted octanol–water partition coefficient (Wildman–Crippen LogP) is 2.19. The lowest BCUT2D eigenvalue weighted by Gasteiger charge is -2.35. The van der Waals surface area contributed by atoms with E-state index in [1.165, 1.54) is 11.3 Å². The van der Waals surface area contributed by atoms with Crippen LogP contribution in [0.4, 0.5) is 5.69 Å². The van der Waals surface area contributed by atoms with E-state index in [1.54, 1.807) is 0 Å². The number of quaternary nitrogens is 1. The molecule has 1 amide bonds. The van der Waals surface area contributed by atoms with Gasteiger partial charge in [0.05, 0.1) is 13.1 Å². The lowest BCUT2D eigenvalue weighted by Crippen LogP contribution is -3.18. The van der Waals surface area contributed by atoms with Gasteiger partial charge in [-0.25, -0.2) is 0 Å². The Balaban J connectivity index is 2.06. The molecule has 1 aliphatic rings. The second-order valence-electron chi connectivity index (χ2n) is 6.99. The molecule has 1 aliphatic heterocycles. The minimum Gasteiger partial charge on any atom is -0.324 e. The van der Waals surface area contributed by atoms with Crippen LogP contribution in [0, 0.1) is 25.7 Å². The van der Waals surface area contributed by atoms with E-state index in [0.717, 1.165) is 29.9 Å². The minimum atomic E-state index is 0.00852. The number of nitrogens with one attached hydrogen (secondary N) is 2. The molecule has 0 bridgehead atoms. The number of para-hydroxylation sites is 1. The van der Waals surface area contributed by atoms with E-state index >= 15 is 0 Å². The number of hydrogen-bond acceptors (Lipinski definition) is 1. The van der Waals surface area contributed by atoms with Crippen LogP contribution >= 0.6 is 0 Å². The molecule has 0 aliphatic carbocycles. The van der Waals surface area contributed by atoms with Crippen molar-refractivity contribution in [3.05, 3.63) is 29.3 Å². The van der Waals surface area contributed by atoms with E-state index in [0.29, 0.717) is 11.8 Å². The number of rotatable bonds is 3. The fraction of sp³-hybridized carbons (Fsp3) is 0.611. The Morgan fingerprint density at radius 3 is 2.24 bits per heavy atom. The molecular formula is C18H29N2O+.